The van der Waals surface area contributed by atoms with E-state index in [1.165, 1.54) is 0 Å². The van der Waals surface area contributed by atoms with Crippen LogP contribution in [0.2, 0.25) is 0 Å². The lowest BCUT2D eigenvalue weighted by atomic mass is 9.83. The lowest BCUT2D eigenvalue weighted by molar-refractivity contribution is 0.0979. The van der Waals surface area contributed by atoms with Crippen LogP contribution in [0, 0.1) is 0 Å². The molecule has 0 amide bonds. The minimum atomic E-state index is -0.150. The molecule has 1 aliphatic carbocycles. The van der Waals surface area contributed by atoms with E-state index in [2.05, 4.69) is 47.5 Å². The van der Waals surface area contributed by atoms with E-state index >= 15 is 0 Å². The van der Waals surface area contributed by atoms with Crippen molar-refractivity contribution in [2.75, 3.05) is 26.2 Å². The SMILES string of the molecule is CCN(CC)C(C)=Nc1ccc2c(c1)C(=O)c1ccc(N=C(C)N(CC)CC)cc1C2=O.Cl.Cl. The third kappa shape index (κ3) is 5.86. The average Bonchev–Trinajstić information content (AvgIpc) is 2.79. The fraction of sp³-hybridized carbons (Fsp3) is 0.385. The summed E-state index contributed by atoms with van der Waals surface area (Å²) in [4.78, 5) is 40.0. The van der Waals surface area contributed by atoms with Gasteiger partial charge in [-0.1, -0.05) is 0 Å². The number of fused-ring (bicyclic) bond motifs is 2. The molecule has 0 saturated carbocycles. The average molecular weight is 505 g/mol. The third-order valence-electron chi connectivity index (χ3n) is 6.01. The van der Waals surface area contributed by atoms with Crippen LogP contribution in [0.3, 0.4) is 0 Å². The maximum atomic E-state index is 13.2. The normalized spacial score (nSPS) is 12.9. The first-order chi connectivity index (χ1) is 15.3. The molecule has 0 atom stereocenters. The first kappa shape index (κ1) is 29.3. The summed E-state index contributed by atoms with van der Waals surface area (Å²) in [5.74, 6) is 1.47. The molecule has 1 aliphatic rings. The largest absolute Gasteiger partial charge is 0.361 e. The summed E-state index contributed by atoms with van der Waals surface area (Å²) < 4.78 is 0. The molecule has 34 heavy (non-hydrogen) atoms. The smallest absolute Gasteiger partial charge is 0.194 e. The summed E-state index contributed by atoms with van der Waals surface area (Å²) in [6.07, 6.45) is 0. The Morgan fingerprint density at radius 3 is 1.24 bits per heavy atom. The van der Waals surface area contributed by atoms with Gasteiger partial charge < -0.3 is 9.80 Å². The highest BCUT2D eigenvalue weighted by atomic mass is 35.5. The first-order valence-corrected chi connectivity index (χ1v) is 11.3. The Bertz CT molecular complexity index is 1020. The molecule has 8 heteroatoms. The standard InChI is InChI=1S/C26H32N4O2.2ClH/c1-7-29(8-2)17(5)27-19-11-13-21-23(15-19)25(31)22-14-12-20(16-24(22)26(21)32)28-18(6)30(9-3)10-4;;/h11-16H,7-10H2,1-6H3;2*1H. The zero-order chi connectivity index (χ0) is 23.4. The zero-order valence-electron chi connectivity index (χ0n) is 20.7. The number of carbonyl (C=O) groups excluding carboxylic acids is 2. The summed E-state index contributed by atoms with van der Waals surface area (Å²) in [6, 6.07) is 10.5. The van der Waals surface area contributed by atoms with Gasteiger partial charge >= 0.3 is 0 Å². The van der Waals surface area contributed by atoms with Crippen LogP contribution in [-0.2, 0) is 0 Å². The number of carbonyl (C=O) groups is 2. The van der Waals surface area contributed by atoms with Gasteiger partial charge in [0.25, 0.3) is 0 Å². The number of nitrogens with zero attached hydrogens (tertiary/aromatic N) is 4. The molecular weight excluding hydrogens is 471 g/mol. The van der Waals surface area contributed by atoms with Crippen molar-refractivity contribution < 1.29 is 9.59 Å². The summed E-state index contributed by atoms with van der Waals surface area (Å²) >= 11 is 0. The molecule has 0 radical (unpaired) electrons. The van der Waals surface area contributed by atoms with Crippen molar-refractivity contribution in [2.45, 2.75) is 41.5 Å². The van der Waals surface area contributed by atoms with Crippen molar-refractivity contribution in [2.24, 2.45) is 9.98 Å². The van der Waals surface area contributed by atoms with Gasteiger partial charge in [0.2, 0.25) is 0 Å². The van der Waals surface area contributed by atoms with E-state index in [0.29, 0.717) is 33.6 Å². The van der Waals surface area contributed by atoms with E-state index in [-0.39, 0.29) is 36.4 Å². The van der Waals surface area contributed by atoms with Crippen LogP contribution in [0.5, 0.6) is 0 Å². The van der Waals surface area contributed by atoms with Crippen molar-refractivity contribution in [3.8, 4) is 0 Å². The van der Waals surface area contributed by atoms with Crippen molar-refractivity contribution >= 4 is 59.4 Å². The molecule has 2 aromatic rings. The molecule has 0 bridgehead atoms. The Kier molecular flexibility index (Phi) is 10.9. The van der Waals surface area contributed by atoms with E-state index in [4.69, 9.17) is 0 Å². The number of aliphatic imine (C=N–C) groups is 2. The molecule has 0 aliphatic heterocycles. The monoisotopic (exact) mass is 504 g/mol. The Morgan fingerprint density at radius 1 is 0.618 bits per heavy atom. The molecule has 0 N–H and O–H groups in total. The fourth-order valence-electron chi connectivity index (χ4n) is 4.14. The van der Waals surface area contributed by atoms with Crippen LogP contribution < -0.4 is 0 Å². The van der Waals surface area contributed by atoms with Gasteiger partial charge in [-0.25, -0.2) is 9.98 Å². The predicted octanol–water partition coefficient (Wildman–Crippen LogP) is 6.09. The minimum Gasteiger partial charge on any atom is -0.361 e. The highest BCUT2D eigenvalue weighted by molar-refractivity contribution is 6.28. The molecule has 0 heterocycles. The first-order valence-electron chi connectivity index (χ1n) is 11.3. The second kappa shape index (κ2) is 12.7. The molecule has 3 rings (SSSR count). The third-order valence-corrected chi connectivity index (χ3v) is 6.01. The van der Waals surface area contributed by atoms with Crippen molar-refractivity contribution in [1.29, 1.82) is 0 Å². The van der Waals surface area contributed by atoms with Crippen LogP contribution in [0.1, 0.15) is 73.4 Å². The maximum Gasteiger partial charge on any atom is 0.194 e. The molecule has 0 saturated heterocycles. The molecular formula is C26H34Cl2N4O2. The molecule has 184 valence electrons. The highest BCUT2D eigenvalue weighted by Gasteiger charge is 2.30. The summed E-state index contributed by atoms with van der Waals surface area (Å²) in [5, 5.41) is 0. The molecule has 2 aromatic carbocycles. The number of hydrogen-bond acceptors (Lipinski definition) is 4. The lowest BCUT2D eigenvalue weighted by Crippen LogP contribution is -2.28. The van der Waals surface area contributed by atoms with E-state index in [9.17, 15) is 9.59 Å². The number of ketones is 2. The molecule has 0 fully saturated rings. The molecule has 0 aromatic heterocycles. The van der Waals surface area contributed by atoms with Gasteiger partial charge in [0.05, 0.1) is 11.4 Å². The second-order valence-corrected chi connectivity index (χ2v) is 7.78. The summed E-state index contributed by atoms with van der Waals surface area (Å²) in [6.45, 7) is 15.7. The van der Waals surface area contributed by atoms with Crippen LogP contribution in [-0.4, -0.2) is 59.2 Å². The van der Waals surface area contributed by atoms with E-state index in [1.807, 2.05) is 13.8 Å². The Morgan fingerprint density at radius 2 is 0.941 bits per heavy atom. The summed E-state index contributed by atoms with van der Waals surface area (Å²) in [5.41, 5.74) is 3.01. The van der Waals surface area contributed by atoms with Crippen LogP contribution in [0.4, 0.5) is 11.4 Å². The maximum absolute atomic E-state index is 13.2. The minimum absolute atomic E-state index is 0. The van der Waals surface area contributed by atoms with Crippen LogP contribution in [0.15, 0.2) is 46.4 Å². The number of hydrogen-bond donors (Lipinski definition) is 0. The topological polar surface area (TPSA) is 65.3 Å². The molecule has 0 spiro atoms. The van der Waals surface area contributed by atoms with Crippen molar-refractivity contribution in [3.05, 3.63) is 58.7 Å². The quantitative estimate of drug-likeness (QED) is 0.301. The van der Waals surface area contributed by atoms with Gasteiger partial charge in [-0.3, -0.25) is 9.59 Å². The lowest BCUT2D eigenvalue weighted by Gasteiger charge is -2.21. The fourth-order valence-corrected chi connectivity index (χ4v) is 4.14. The van der Waals surface area contributed by atoms with Gasteiger partial charge in [-0.05, 0) is 77.9 Å². The zero-order valence-corrected chi connectivity index (χ0v) is 22.3. The predicted molar refractivity (Wildman–Crippen MR) is 146 cm³/mol. The van der Waals surface area contributed by atoms with Gasteiger partial charge in [0.15, 0.2) is 11.6 Å². The van der Waals surface area contributed by atoms with Crippen molar-refractivity contribution in [1.82, 2.24) is 9.80 Å². The number of halogens is 2. The number of rotatable bonds is 6. The highest BCUT2D eigenvalue weighted by Crippen LogP contribution is 2.32. The van der Waals surface area contributed by atoms with E-state index in [0.717, 1.165) is 37.9 Å². The van der Waals surface area contributed by atoms with Gasteiger partial charge in [-0.2, -0.15) is 0 Å². The summed E-state index contributed by atoms with van der Waals surface area (Å²) in [7, 11) is 0. The Labute approximate surface area is 215 Å². The van der Waals surface area contributed by atoms with Crippen molar-refractivity contribution in [3.63, 3.8) is 0 Å². The second-order valence-electron chi connectivity index (χ2n) is 7.78. The number of benzene rings is 2. The molecule has 6 nitrogen and oxygen atoms in total. The number of amidine groups is 2. The van der Waals surface area contributed by atoms with Gasteiger partial charge in [0.1, 0.15) is 11.7 Å². The van der Waals surface area contributed by atoms with E-state index in [1.54, 1.807) is 36.4 Å². The van der Waals surface area contributed by atoms with E-state index < -0.39 is 0 Å². The van der Waals surface area contributed by atoms with Crippen LogP contribution >= 0.6 is 24.8 Å². The van der Waals surface area contributed by atoms with Gasteiger partial charge in [0, 0.05) is 48.4 Å². The van der Waals surface area contributed by atoms with Crippen LogP contribution in [0.25, 0.3) is 0 Å². The molecule has 0 unspecified atom stereocenters. The Hall–Kier alpha value is -2.70. The van der Waals surface area contributed by atoms with Gasteiger partial charge in [-0.15, -0.1) is 24.8 Å². The Balaban J connectivity index is 0.00000289.